The summed E-state index contributed by atoms with van der Waals surface area (Å²) in [5, 5.41) is 11.1. The van der Waals surface area contributed by atoms with E-state index in [0.717, 1.165) is 34.7 Å². The first kappa shape index (κ1) is 15.7. The molecule has 0 aliphatic rings. The Bertz CT molecular complexity index is 651. The number of carbonyl (C=O) groups excluding carboxylic acids is 1. The number of benzene rings is 2. The van der Waals surface area contributed by atoms with E-state index in [2.05, 4.69) is 19.9 Å². The van der Waals surface area contributed by atoms with Crippen molar-refractivity contribution in [1.29, 1.82) is 0 Å². The molecule has 2 unspecified atom stereocenters. The summed E-state index contributed by atoms with van der Waals surface area (Å²) < 4.78 is 0. The summed E-state index contributed by atoms with van der Waals surface area (Å²) in [5.41, 5.74) is 2.84. The first-order valence-corrected chi connectivity index (χ1v) is 8.12. The highest BCUT2D eigenvalue weighted by atomic mass is 31.1. The van der Waals surface area contributed by atoms with Crippen molar-refractivity contribution in [3.05, 3.63) is 59.2 Å². The predicted octanol–water partition coefficient (Wildman–Crippen LogP) is 4.14. The van der Waals surface area contributed by atoms with Gasteiger partial charge in [-0.1, -0.05) is 64.4 Å². The third-order valence-corrected chi connectivity index (χ3v) is 5.85. The number of rotatable bonds is 5. The second kappa shape index (κ2) is 6.41. The van der Waals surface area contributed by atoms with Crippen LogP contribution in [0.3, 0.4) is 0 Å². The zero-order valence-electron chi connectivity index (χ0n) is 12.7. The van der Waals surface area contributed by atoms with E-state index >= 15 is 0 Å². The molecule has 0 fully saturated rings. The minimum atomic E-state index is -0.171. The van der Waals surface area contributed by atoms with Crippen molar-refractivity contribution in [2.24, 2.45) is 0 Å². The molecule has 2 nitrogen and oxygen atoms in total. The molecule has 0 amide bonds. The molecule has 1 N–H and O–H groups in total. The van der Waals surface area contributed by atoms with E-state index in [0.29, 0.717) is 14.3 Å². The van der Waals surface area contributed by atoms with Crippen LogP contribution in [-0.2, 0) is 5.16 Å². The predicted molar refractivity (Wildman–Crippen MR) is 90.3 cm³/mol. The quantitative estimate of drug-likeness (QED) is 0.665. The van der Waals surface area contributed by atoms with Crippen molar-refractivity contribution in [3.8, 4) is 5.75 Å². The molecule has 0 spiro atoms. The van der Waals surface area contributed by atoms with Crippen LogP contribution in [0, 0.1) is 6.92 Å². The number of aryl methyl sites for hydroxylation is 1. The molecule has 3 heteroatoms. The Morgan fingerprint density at radius 1 is 1.24 bits per heavy atom. The van der Waals surface area contributed by atoms with Crippen LogP contribution in [0.25, 0.3) is 0 Å². The van der Waals surface area contributed by atoms with Gasteiger partial charge in [-0.25, -0.2) is 0 Å². The summed E-state index contributed by atoms with van der Waals surface area (Å²) >= 11 is 0. The van der Waals surface area contributed by atoms with E-state index < -0.39 is 0 Å². The molecular formula is C18H21O2P. The van der Waals surface area contributed by atoms with E-state index in [-0.39, 0.29) is 5.16 Å². The van der Waals surface area contributed by atoms with E-state index in [9.17, 15) is 9.90 Å². The molecule has 110 valence electrons. The van der Waals surface area contributed by atoms with Crippen molar-refractivity contribution in [2.45, 2.75) is 32.3 Å². The van der Waals surface area contributed by atoms with Crippen molar-refractivity contribution < 1.29 is 9.90 Å². The van der Waals surface area contributed by atoms with E-state index in [4.69, 9.17) is 0 Å². The number of aromatic hydroxyl groups is 1. The van der Waals surface area contributed by atoms with Gasteiger partial charge in [0.05, 0.1) is 0 Å². The first-order chi connectivity index (χ1) is 10.00. The highest BCUT2D eigenvalue weighted by molar-refractivity contribution is 7.48. The Labute approximate surface area is 128 Å². The van der Waals surface area contributed by atoms with Crippen molar-refractivity contribution in [1.82, 2.24) is 0 Å². The molecule has 0 radical (unpaired) electrons. The number of hydrogen-bond acceptors (Lipinski definition) is 2. The normalized spacial score (nSPS) is 14.2. The lowest BCUT2D eigenvalue weighted by Gasteiger charge is -2.30. The van der Waals surface area contributed by atoms with E-state index in [1.54, 1.807) is 6.07 Å². The van der Waals surface area contributed by atoms with Crippen molar-refractivity contribution in [2.75, 3.05) is 0 Å². The summed E-state index contributed by atoms with van der Waals surface area (Å²) in [4.78, 5) is 11.2. The fraction of sp³-hybridized carbons (Fsp3) is 0.278. The molecule has 0 saturated heterocycles. The van der Waals surface area contributed by atoms with Gasteiger partial charge in [0.2, 0.25) is 0 Å². The summed E-state index contributed by atoms with van der Waals surface area (Å²) in [6.07, 6.45) is 1.81. The van der Waals surface area contributed by atoms with Gasteiger partial charge in [0.25, 0.3) is 0 Å². The Kier molecular flexibility index (Phi) is 4.80. The second-order valence-electron chi connectivity index (χ2n) is 5.54. The summed E-state index contributed by atoms with van der Waals surface area (Å²) in [5.74, 6) is 0.334. The minimum absolute atomic E-state index is 0.171. The molecule has 0 aromatic heterocycles. The molecule has 0 aliphatic heterocycles. The topological polar surface area (TPSA) is 37.3 Å². The Morgan fingerprint density at radius 3 is 2.62 bits per heavy atom. The average Bonchev–Trinajstić information content (AvgIpc) is 2.50. The van der Waals surface area contributed by atoms with Crippen LogP contribution >= 0.6 is 8.58 Å². The number of hydrogen-bond donors (Lipinski definition) is 1. The van der Waals surface area contributed by atoms with Gasteiger partial charge in [-0.3, -0.25) is 4.79 Å². The number of phenols is 1. The maximum atomic E-state index is 11.2. The third kappa shape index (κ3) is 3.33. The summed E-state index contributed by atoms with van der Waals surface area (Å²) in [7, 11) is 0.433. The SMILES string of the molecule is CCC(C)(Pc1ccccc1C=O)c1cc(C)ccc1O. The summed E-state index contributed by atoms with van der Waals surface area (Å²) in [6.45, 7) is 6.31. The van der Waals surface area contributed by atoms with Crippen LogP contribution in [0.4, 0.5) is 0 Å². The minimum Gasteiger partial charge on any atom is -0.508 e. The molecule has 2 aromatic carbocycles. The highest BCUT2D eigenvalue weighted by Crippen LogP contribution is 2.47. The number of phenolic OH excluding ortho intramolecular Hbond substituents is 1. The average molecular weight is 300 g/mol. The van der Waals surface area contributed by atoms with E-state index in [1.807, 2.05) is 37.3 Å². The number of aldehydes is 1. The van der Waals surface area contributed by atoms with E-state index in [1.165, 1.54) is 0 Å². The highest BCUT2D eigenvalue weighted by Gasteiger charge is 2.28. The van der Waals surface area contributed by atoms with Gasteiger partial charge in [-0.15, -0.1) is 0 Å². The molecule has 21 heavy (non-hydrogen) atoms. The van der Waals surface area contributed by atoms with Crippen LogP contribution in [0.2, 0.25) is 0 Å². The maximum Gasteiger partial charge on any atom is 0.150 e. The van der Waals surface area contributed by atoms with Gasteiger partial charge in [-0.05, 0) is 24.7 Å². The fourth-order valence-corrected chi connectivity index (χ4v) is 4.02. The Balaban J connectivity index is 2.46. The van der Waals surface area contributed by atoms with Gasteiger partial charge in [-0.2, -0.15) is 0 Å². The lowest BCUT2D eigenvalue weighted by molar-refractivity contribution is 0.112. The Morgan fingerprint density at radius 2 is 1.95 bits per heavy atom. The maximum absolute atomic E-state index is 11.2. The lowest BCUT2D eigenvalue weighted by atomic mass is 9.95. The van der Waals surface area contributed by atoms with Crippen LogP contribution in [0.5, 0.6) is 5.75 Å². The van der Waals surface area contributed by atoms with Gasteiger partial charge < -0.3 is 5.11 Å². The molecule has 2 aromatic rings. The van der Waals surface area contributed by atoms with Crippen molar-refractivity contribution >= 4 is 20.2 Å². The molecule has 2 rings (SSSR count). The van der Waals surface area contributed by atoms with Gasteiger partial charge in [0.1, 0.15) is 5.75 Å². The van der Waals surface area contributed by atoms with Crippen LogP contribution in [-0.4, -0.2) is 11.4 Å². The summed E-state index contributed by atoms with van der Waals surface area (Å²) in [6, 6.07) is 13.4. The third-order valence-electron chi connectivity index (χ3n) is 3.95. The van der Waals surface area contributed by atoms with Gasteiger partial charge in [0, 0.05) is 16.3 Å². The molecule has 0 heterocycles. The lowest BCUT2D eigenvalue weighted by Crippen LogP contribution is -2.20. The molecular weight excluding hydrogens is 279 g/mol. The first-order valence-electron chi connectivity index (χ1n) is 7.12. The smallest absolute Gasteiger partial charge is 0.150 e. The monoisotopic (exact) mass is 300 g/mol. The van der Waals surface area contributed by atoms with Crippen LogP contribution < -0.4 is 5.30 Å². The van der Waals surface area contributed by atoms with Crippen molar-refractivity contribution in [3.63, 3.8) is 0 Å². The fourth-order valence-electron chi connectivity index (χ4n) is 2.45. The second-order valence-corrected chi connectivity index (χ2v) is 7.43. The van der Waals surface area contributed by atoms with Crippen LogP contribution in [0.15, 0.2) is 42.5 Å². The van der Waals surface area contributed by atoms with Gasteiger partial charge >= 0.3 is 0 Å². The standard InChI is InChI=1S/C18H21O2P/c1-4-18(3,15-11-13(2)9-10-16(15)20)21-17-8-6-5-7-14(17)12-19/h5-12,20-21H,4H2,1-3H3. The van der Waals surface area contributed by atoms with Crippen LogP contribution in [0.1, 0.15) is 41.8 Å². The zero-order chi connectivity index (χ0) is 15.5. The molecule has 0 saturated carbocycles. The van der Waals surface area contributed by atoms with Gasteiger partial charge in [0.15, 0.2) is 6.29 Å². The molecule has 0 bridgehead atoms. The zero-order valence-corrected chi connectivity index (χ0v) is 13.7. The molecule has 0 aliphatic carbocycles. The Hall–Kier alpha value is -1.66. The molecule has 2 atom stereocenters. The largest absolute Gasteiger partial charge is 0.508 e. The number of carbonyl (C=O) groups is 1.